The van der Waals surface area contributed by atoms with Gasteiger partial charge in [-0.25, -0.2) is 8.42 Å². The highest BCUT2D eigenvalue weighted by atomic mass is 35.5. The molecule has 2 unspecified atom stereocenters. The molecule has 0 bridgehead atoms. The molecule has 1 amide bonds. The molecule has 138 valence electrons. The summed E-state index contributed by atoms with van der Waals surface area (Å²) in [6.07, 6.45) is 2.11. The summed E-state index contributed by atoms with van der Waals surface area (Å²) in [6.45, 7) is 1.74. The summed E-state index contributed by atoms with van der Waals surface area (Å²) in [6, 6.07) is 2.32. The Morgan fingerprint density at radius 3 is 2.36 bits per heavy atom. The van der Waals surface area contributed by atoms with Gasteiger partial charge in [0.05, 0.1) is 34.7 Å². The zero-order valence-corrected chi connectivity index (χ0v) is 16.1. The van der Waals surface area contributed by atoms with Gasteiger partial charge in [0.25, 0.3) is 5.91 Å². The molecule has 2 heterocycles. The Bertz CT molecular complexity index is 755. The molecule has 2 atom stereocenters. The maximum Gasteiger partial charge on any atom is 0.251 e. The van der Waals surface area contributed by atoms with Crippen LogP contribution >= 0.6 is 23.2 Å². The molecule has 1 aromatic rings. The molecule has 2 aliphatic rings. The van der Waals surface area contributed by atoms with Gasteiger partial charge < -0.3 is 10.1 Å². The average Bonchev–Trinajstić information content (AvgIpc) is 3.14. The third-order valence-corrected chi connectivity index (χ3v) is 6.99. The maximum absolute atomic E-state index is 12.6. The van der Waals surface area contributed by atoms with Crippen LogP contribution in [0, 0.1) is 0 Å². The van der Waals surface area contributed by atoms with Crippen LogP contribution in [0.25, 0.3) is 0 Å². The van der Waals surface area contributed by atoms with Gasteiger partial charge in [-0.15, -0.1) is 0 Å². The molecule has 2 fully saturated rings. The number of hydrogen-bond donors (Lipinski definition) is 1. The van der Waals surface area contributed by atoms with Crippen molar-refractivity contribution in [1.82, 2.24) is 10.2 Å². The molecule has 25 heavy (non-hydrogen) atoms. The van der Waals surface area contributed by atoms with Gasteiger partial charge in [-0.05, 0) is 38.1 Å². The monoisotopic (exact) mass is 406 g/mol. The molecule has 9 heteroatoms. The van der Waals surface area contributed by atoms with E-state index in [2.05, 4.69) is 10.2 Å². The van der Waals surface area contributed by atoms with E-state index in [1.54, 1.807) is 0 Å². The van der Waals surface area contributed by atoms with Crippen LogP contribution in [0.1, 0.15) is 23.2 Å². The Morgan fingerprint density at radius 1 is 1.20 bits per heavy atom. The summed E-state index contributed by atoms with van der Waals surface area (Å²) >= 11 is 12.2. The van der Waals surface area contributed by atoms with E-state index in [9.17, 15) is 13.2 Å². The van der Waals surface area contributed by atoms with Crippen molar-refractivity contribution in [1.29, 1.82) is 0 Å². The third-order valence-electron chi connectivity index (χ3n) is 4.71. The van der Waals surface area contributed by atoms with Gasteiger partial charge in [-0.2, -0.15) is 0 Å². The van der Waals surface area contributed by atoms with Gasteiger partial charge in [-0.3, -0.25) is 9.69 Å². The average molecular weight is 407 g/mol. The molecule has 0 saturated carbocycles. The topological polar surface area (TPSA) is 75.7 Å². The Hall–Kier alpha value is -1.02. The van der Waals surface area contributed by atoms with Crippen LogP contribution in [-0.4, -0.2) is 63.0 Å². The Labute approximate surface area is 157 Å². The lowest BCUT2D eigenvalue weighted by atomic mass is 10.1. The fourth-order valence-electron chi connectivity index (χ4n) is 3.54. The highest BCUT2D eigenvalue weighted by Gasteiger charge is 2.42. The summed E-state index contributed by atoms with van der Waals surface area (Å²) < 4.78 is 29.2. The normalized spacial score (nSPS) is 25.9. The lowest BCUT2D eigenvalue weighted by molar-refractivity contribution is 0.0918. The predicted octanol–water partition coefficient (Wildman–Crippen LogP) is 1.99. The number of nitrogens with zero attached hydrogens (tertiary/aromatic N) is 1. The molecule has 2 aliphatic heterocycles. The van der Waals surface area contributed by atoms with E-state index in [-0.39, 0.29) is 33.2 Å². The number of hydrogen-bond acceptors (Lipinski definition) is 5. The third kappa shape index (κ3) is 4.05. The van der Waals surface area contributed by atoms with E-state index in [1.165, 1.54) is 19.2 Å². The van der Waals surface area contributed by atoms with Gasteiger partial charge in [0, 0.05) is 11.6 Å². The number of ether oxygens (including phenoxy) is 1. The van der Waals surface area contributed by atoms with Gasteiger partial charge in [0.1, 0.15) is 0 Å². The van der Waals surface area contributed by atoms with Crippen LogP contribution in [0.3, 0.4) is 0 Å². The molecule has 3 rings (SSSR count). The Kier molecular flexibility index (Phi) is 5.48. The van der Waals surface area contributed by atoms with Crippen LogP contribution in [0.5, 0.6) is 5.75 Å². The second-order valence-electron chi connectivity index (χ2n) is 6.44. The van der Waals surface area contributed by atoms with Crippen LogP contribution in [0.4, 0.5) is 0 Å². The Balaban J connectivity index is 1.79. The first-order valence-corrected chi connectivity index (χ1v) is 10.7. The van der Waals surface area contributed by atoms with E-state index in [0.717, 1.165) is 25.9 Å². The quantitative estimate of drug-likeness (QED) is 0.827. The minimum Gasteiger partial charge on any atom is -0.494 e. The molecule has 1 aromatic carbocycles. The molecule has 0 radical (unpaired) electrons. The number of amides is 1. The summed E-state index contributed by atoms with van der Waals surface area (Å²) in [5, 5.41) is 3.32. The number of halogens is 2. The van der Waals surface area contributed by atoms with Crippen LogP contribution < -0.4 is 10.1 Å². The fourth-order valence-corrected chi connectivity index (χ4v) is 6.13. The summed E-state index contributed by atoms with van der Waals surface area (Å²) in [4.78, 5) is 14.7. The SMILES string of the molecule is COc1c(Cl)cc(C(=O)NC2CS(=O)(=O)CC2N2CCCC2)cc1Cl. The first kappa shape index (κ1) is 18.8. The molecule has 0 spiro atoms. The lowest BCUT2D eigenvalue weighted by Crippen LogP contribution is -2.50. The van der Waals surface area contributed by atoms with Gasteiger partial charge in [0.15, 0.2) is 15.6 Å². The number of sulfone groups is 1. The number of carbonyl (C=O) groups excluding carboxylic acids is 1. The highest BCUT2D eigenvalue weighted by molar-refractivity contribution is 7.91. The maximum atomic E-state index is 12.6. The second-order valence-corrected chi connectivity index (χ2v) is 9.41. The minimum atomic E-state index is -3.17. The largest absolute Gasteiger partial charge is 0.494 e. The number of carbonyl (C=O) groups is 1. The fraction of sp³-hybridized carbons (Fsp3) is 0.562. The van der Waals surface area contributed by atoms with Gasteiger partial charge in [-0.1, -0.05) is 23.2 Å². The second kappa shape index (κ2) is 7.31. The van der Waals surface area contributed by atoms with E-state index in [0.29, 0.717) is 5.75 Å². The zero-order valence-electron chi connectivity index (χ0n) is 13.8. The molecule has 2 saturated heterocycles. The molecule has 6 nitrogen and oxygen atoms in total. The number of rotatable bonds is 4. The Morgan fingerprint density at radius 2 is 1.80 bits per heavy atom. The molecule has 1 N–H and O–H groups in total. The summed E-state index contributed by atoms with van der Waals surface area (Å²) in [7, 11) is -1.72. The van der Waals surface area contributed by atoms with Crippen molar-refractivity contribution in [3.05, 3.63) is 27.7 Å². The molecular weight excluding hydrogens is 387 g/mol. The van der Waals surface area contributed by atoms with Crippen molar-refractivity contribution in [3.63, 3.8) is 0 Å². The van der Waals surface area contributed by atoms with Crippen molar-refractivity contribution < 1.29 is 17.9 Å². The standard InChI is InChI=1S/C16H20Cl2N2O4S/c1-24-15-11(17)6-10(7-12(15)18)16(21)19-13-8-25(22,23)9-14(13)20-4-2-3-5-20/h6-7,13-14H,2-5,8-9H2,1H3,(H,19,21). The van der Waals surface area contributed by atoms with Crippen molar-refractivity contribution in [2.75, 3.05) is 31.7 Å². The van der Waals surface area contributed by atoms with E-state index < -0.39 is 21.8 Å². The highest BCUT2D eigenvalue weighted by Crippen LogP contribution is 2.34. The molecular formula is C16H20Cl2N2O4S. The van der Waals surface area contributed by atoms with Crippen LogP contribution in [-0.2, 0) is 9.84 Å². The van der Waals surface area contributed by atoms with Crippen LogP contribution in [0.2, 0.25) is 10.0 Å². The van der Waals surface area contributed by atoms with Crippen molar-refractivity contribution in [2.24, 2.45) is 0 Å². The van der Waals surface area contributed by atoms with Crippen molar-refractivity contribution >= 4 is 38.9 Å². The van der Waals surface area contributed by atoms with E-state index >= 15 is 0 Å². The van der Waals surface area contributed by atoms with Gasteiger partial charge >= 0.3 is 0 Å². The number of nitrogens with one attached hydrogen (secondary N) is 1. The van der Waals surface area contributed by atoms with Gasteiger partial charge in [0.2, 0.25) is 0 Å². The number of benzene rings is 1. The van der Waals surface area contributed by atoms with Crippen molar-refractivity contribution in [2.45, 2.75) is 24.9 Å². The molecule has 0 aliphatic carbocycles. The number of methoxy groups -OCH3 is 1. The first-order valence-electron chi connectivity index (χ1n) is 8.09. The first-order chi connectivity index (χ1) is 11.8. The van der Waals surface area contributed by atoms with Crippen LogP contribution in [0.15, 0.2) is 12.1 Å². The lowest BCUT2D eigenvalue weighted by Gasteiger charge is -2.28. The minimum absolute atomic E-state index is 0.0441. The van der Waals surface area contributed by atoms with E-state index in [4.69, 9.17) is 27.9 Å². The smallest absolute Gasteiger partial charge is 0.251 e. The van der Waals surface area contributed by atoms with Crippen molar-refractivity contribution in [3.8, 4) is 5.75 Å². The molecule has 0 aromatic heterocycles. The summed E-state index contributed by atoms with van der Waals surface area (Å²) in [5.41, 5.74) is 0.278. The zero-order chi connectivity index (χ0) is 18.2. The van der Waals surface area contributed by atoms with E-state index in [1.807, 2.05) is 0 Å². The predicted molar refractivity (Wildman–Crippen MR) is 97.5 cm³/mol. The summed E-state index contributed by atoms with van der Waals surface area (Å²) in [5.74, 6) is -0.0458. The number of likely N-dealkylation sites (tertiary alicyclic amines) is 1.